The predicted molar refractivity (Wildman–Crippen MR) is 68.0 cm³/mol. The first-order valence-electron chi connectivity index (χ1n) is 6.08. The van der Waals surface area contributed by atoms with Crippen LogP contribution in [0.1, 0.15) is 31.1 Å². The molecule has 0 radical (unpaired) electrons. The fourth-order valence-electron chi connectivity index (χ4n) is 1.64. The summed E-state index contributed by atoms with van der Waals surface area (Å²) in [4.78, 5) is 0. The van der Waals surface area contributed by atoms with Gasteiger partial charge in [-0.25, -0.2) is 0 Å². The van der Waals surface area contributed by atoms with Crippen molar-refractivity contribution in [2.24, 2.45) is 0 Å². The lowest BCUT2D eigenvalue weighted by atomic mass is 10.0. The van der Waals surface area contributed by atoms with Crippen LogP contribution in [0.15, 0.2) is 24.3 Å². The number of hydrogen-bond acceptors (Lipinski definition) is 3. The maximum atomic E-state index is 10.0. The summed E-state index contributed by atoms with van der Waals surface area (Å²) in [5, 5.41) is 10.0. The largest absolute Gasteiger partial charge is 0.386 e. The molecule has 0 bridgehead atoms. The molecule has 0 saturated carbocycles. The number of aliphatic hydroxyl groups excluding tert-OH is 1. The molecule has 0 aliphatic carbocycles. The van der Waals surface area contributed by atoms with Crippen LogP contribution in [0.4, 0.5) is 0 Å². The van der Waals surface area contributed by atoms with E-state index >= 15 is 0 Å². The molecule has 3 nitrogen and oxygen atoms in total. The van der Waals surface area contributed by atoms with Crippen LogP contribution in [0.3, 0.4) is 0 Å². The van der Waals surface area contributed by atoms with Crippen molar-refractivity contribution in [2.75, 3.05) is 19.8 Å². The third kappa shape index (κ3) is 4.86. The predicted octanol–water partition coefficient (Wildman–Crippen LogP) is 2.47. The second kappa shape index (κ2) is 7.43. The van der Waals surface area contributed by atoms with Gasteiger partial charge in [0.2, 0.25) is 0 Å². The fraction of sp³-hybridized carbons (Fsp3) is 0.571. The van der Waals surface area contributed by atoms with E-state index in [2.05, 4.69) is 0 Å². The number of ether oxygens (including phenoxy) is 2. The van der Waals surface area contributed by atoms with E-state index in [1.54, 1.807) is 0 Å². The summed E-state index contributed by atoms with van der Waals surface area (Å²) in [5.74, 6) is 0. The van der Waals surface area contributed by atoms with Crippen LogP contribution in [-0.2, 0) is 9.47 Å². The van der Waals surface area contributed by atoms with Crippen molar-refractivity contribution in [2.45, 2.75) is 33.0 Å². The third-order valence-electron chi connectivity index (χ3n) is 2.64. The normalized spacial score (nSPS) is 14.6. The van der Waals surface area contributed by atoms with Crippen molar-refractivity contribution >= 4 is 0 Å². The Morgan fingerprint density at radius 3 is 2.59 bits per heavy atom. The maximum absolute atomic E-state index is 10.0. The van der Waals surface area contributed by atoms with E-state index in [1.807, 2.05) is 45.0 Å². The van der Waals surface area contributed by atoms with E-state index in [1.165, 1.54) is 0 Å². The first-order valence-corrected chi connectivity index (χ1v) is 6.08. The second-order valence-electron chi connectivity index (χ2n) is 4.18. The van der Waals surface area contributed by atoms with Crippen molar-refractivity contribution in [3.63, 3.8) is 0 Å². The highest BCUT2D eigenvalue weighted by atomic mass is 16.5. The molecule has 1 N–H and O–H groups in total. The Morgan fingerprint density at radius 1 is 1.24 bits per heavy atom. The van der Waals surface area contributed by atoms with Gasteiger partial charge >= 0.3 is 0 Å². The molecule has 1 aromatic rings. The Labute approximate surface area is 103 Å². The van der Waals surface area contributed by atoms with Crippen LogP contribution in [0.25, 0.3) is 0 Å². The molecule has 0 aliphatic heterocycles. The van der Waals surface area contributed by atoms with E-state index in [9.17, 15) is 5.11 Å². The highest BCUT2D eigenvalue weighted by molar-refractivity contribution is 5.27. The van der Waals surface area contributed by atoms with Gasteiger partial charge in [-0.15, -0.1) is 0 Å². The monoisotopic (exact) mass is 238 g/mol. The lowest BCUT2D eigenvalue weighted by Gasteiger charge is -2.17. The van der Waals surface area contributed by atoms with Gasteiger partial charge in [0, 0.05) is 6.61 Å². The highest BCUT2D eigenvalue weighted by Crippen LogP contribution is 2.17. The van der Waals surface area contributed by atoms with E-state index in [0.29, 0.717) is 19.8 Å². The number of hydrogen-bond donors (Lipinski definition) is 1. The Balaban J connectivity index is 2.39. The minimum Gasteiger partial charge on any atom is -0.386 e. The van der Waals surface area contributed by atoms with Gasteiger partial charge in [0.05, 0.1) is 19.3 Å². The zero-order valence-corrected chi connectivity index (χ0v) is 10.8. The second-order valence-corrected chi connectivity index (χ2v) is 4.18. The molecule has 0 aromatic heterocycles. The van der Waals surface area contributed by atoms with Crippen molar-refractivity contribution in [1.29, 1.82) is 0 Å². The minimum atomic E-state index is -0.569. The summed E-state index contributed by atoms with van der Waals surface area (Å²) in [5.41, 5.74) is 2.01. The van der Waals surface area contributed by atoms with Crippen molar-refractivity contribution in [3.05, 3.63) is 35.4 Å². The first kappa shape index (κ1) is 14.2. The smallest absolute Gasteiger partial charge is 0.103 e. The van der Waals surface area contributed by atoms with E-state index in [0.717, 1.165) is 11.1 Å². The SMILES string of the molecule is CCOCC(C)OCC(O)c1ccccc1C. The fourth-order valence-corrected chi connectivity index (χ4v) is 1.64. The molecule has 1 aromatic carbocycles. The maximum Gasteiger partial charge on any atom is 0.103 e. The Morgan fingerprint density at radius 2 is 1.94 bits per heavy atom. The molecule has 3 heteroatoms. The lowest BCUT2D eigenvalue weighted by molar-refractivity contribution is -0.0396. The van der Waals surface area contributed by atoms with Gasteiger partial charge in [0.25, 0.3) is 0 Å². The van der Waals surface area contributed by atoms with Gasteiger partial charge in [-0.3, -0.25) is 0 Å². The molecule has 0 aliphatic rings. The van der Waals surface area contributed by atoms with Gasteiger partial charge in [0.15, 0.2) is 0 Å². The average molecular weight is 238 g/mol. The minimum absolute atomic E-state index is 0.00798. The molecule has 0 amide bonds. The van der Waals surface area contributed by atoms with Gasteiger partial charge in [-0.2, -0.15) is 0 Å². The molecule has 96 valence electrons. The third-order valence-corrected chi connectivity index (χ3v) is 2.64. The van der Waals surface area contributed by atoms with Crippen molar-refractivity contribution < 1.29 is 14.6 Å². The summed E-state index contributed by atoms with van der Waals surface area (Å²) in [6.45, 7) is 7.45. The van der Waals surface area contributed by atoms with Crippen molar-refractivity contribution in [1.82, 2.24) is 0 Å². The number of aryl methyl sites for hydroxylation is 1. The topological polar surface area (TPSA) is 38.7 Å². The lowest BCUT2D eigenvalue weighted by Crippen LogP contribution is -2.20. The molecule has 17 heavy (non-hydrogen) atoms. The molecule has 0 saturated heterocycles. The summed E-state index contributed by atoms with van der Waals surface area (Å²) < 4.78 is 10.8. The van der Waals surface area contributed by atoms with Crippen LogP contribution in [0, 0.1) is 6.92 Å². The van der Waals surface area contributed by atoms with Gasteiger partial charge in [-0.1, -0.05) is 24.3 Å². The summed E-state index contributed by atoms with van der Waals surface area (Å²) in [6.07, 6.45) is -0.561. The number of rotatable bonds is 7. The van der Waals surface area contributed by atoms with Gasteiger partial charge < -0.3 is 14.6 Å². The molecule has 0 spiro atoms. The van der Waals surface area contributed by atoms with E-state index in [4.69, 9.17) is 9.47 Å². The molecule has 0 fully saturated rings. The van der Waals surface area contributed by atoms with Crippen molar-refractivity contribution in [3.8, 4) is 0 Å². The van der Waals surface area contributed by atoms with Crippen LogP contribution >= 0.6 is 0 Å². The Kier molecular flexibility index (Phi) is 6.19. The molecule has 2 unspecified atom stereocenters. The average Bonchev–Trinajstić information content (AvgIpc) is 2.34. The number of aliphatic hydroxyl groups is 1. The zero-order valence-electron chi connectivity index (χ0n) is 10.8. The van der Waals surface area contributed by atoms with Crippen LogP contribution in [0.5, 0.6) is 0 Å². The van der Waals surface area contributed by atoms with Crippen LogP contribution in [-0.4, -0.2) is 31.0 Å². The van der Waals surface area contributed by atoms with E-state index in [-0.39, 0.29) is 6.10 Å². The Bertz CT molecular complexity index is 325. The highest BCUT2D eigenvalue weighted by Gasteiger charge is 2.12. The molecule has 2 atom stereocenters. The Hall–Kier alpha value is -0.900. The molecule has 0 heterocycles. The zero-order chi connectivity index (χ0) is 12.7. The first-order chi connectivity index (χ1) is 8.15. The van der Waals surface area contributed by atoms with Gasteiger partial charge in [-0.05, 0) is 31.9 Å². The standard InChI is InChI=1S/C14H22O3/c1-4-16-9-12(3)17-10-14(15)13-8-6-5-7-11(13)2/h5-8,12,14-15H,4,9-10H2,1-3H3. The van der Waals surface area contributed by atoms with Crippen LogP contribution in [0.2, 0.25) is 0 Å². The quantitative estimate of drug-likeness (QED) is 0.793. The van der Waals surface area contributed by atoms with Crippen LogP contribution < -0.4 is 0 Å². The summed E-state index contributed by atoms with van der Waals surface area (Å²) in [6, 6.07) is 7.80. The molecular formula is C14H22O3. The number of benzene rings is 1. The molecular weight excluding hydrogens is 216 g/mol. The van der Waals surface area contributed by atoms with E-state index < -0.39 is 6.10 Å². The summed E-state index contributed by atoms with van der Waals surface area (Å²) >= 11 is 0. The summed E-state index contributed by atoms with van der Waals surface area (Å²) in [7, 11) is 0. The molecule has 1 rings (SSSR count). The van der Waals surface area contributed by atoms with Gasteiger partial charge in [0.1, 0.15) is 6.10 Å².